The number of hydrogen-bond donors (Lipinski definition) is 0. The lowest BCUT2D eigenvalue weighted by Crippen LogP contribution is -2.01. The van der Waals surface area contributed by atoms with Crippen molar-refractivity contribution in [1.82, 2.24) is 0 Å². The van der Waals surface area contributed by atoms with Crippen molar-refractivity contribution in [3.63, 3.8) is 0 Å². The second-order valence-corrected chi connectivity index (χ2v) is 3.38. The molecule has 0 amide bonds. The average Bonchev–Trinajstić information content (AvgIpc) is 2.15. The van der Waals surface area contributed by atoms with Gasteiger partial charge in [-0.05, 0) is 24.5 Å². The standard InChI is InChI=1S/C11H12F2O/c1-7(5-6-14)9-3-4-10(12)8(2)11(9)13/h3-4,6-7H,5H2,1-2H3. The Morgan fingerprint density at radius 3 is 2.64 bits per heavy atom. The van der Waals surface area contributed by atoms with Crippen molar-refractivity contribution in [2.45, 2.75) is 26.2 Å². The van der Waals surface area contributed by atoms with Gasteiger partial charge in [0.05, 0.1) is 0 Å². The number of halogens is 2. The Hall–Kier alpha value is -1.25. The van der Waals surface area contributed by atoms with Crippen molar-refractivity contribution in [2.24, 2.45) is 0 Å². The van der Waals surface area contributed by atoms with E-state index in [1.54, 1.807) is 6.92 Å². The zero-order chi connectivity index (χ0) is 10.7. The van der Waals surface area contributed by atoms with Crippen LogP contribution in [0.15, 0.2) is 12.1 Å². The van der Waals surface area contributed by atoms with Gasteiger partial charge in [-0.15, -0.1) is 0 Å². The lowest BCUT2D eigenvalue weighted by atomic mass is 9.96. The van der Waals surface area contributed by atoms with Gasteiger partial charge in [0.2, 0.25) is 0 Å². The summed E-state index contributed by atoms with van der Waals surface area (Å²) >= 11 is 0. The smallest absolute Gasteiger partial charge is 0.132 e. The highest BCUT2D eigenvalue weighted by Crippen LogP contribution is 2.24. The molecule has 1 rings (SSSR count). The van der Waals surface area contributed by atoms with Gasteiger partial charge in [0.25, 0.3) is 0 Å². The van der Waals surface area contributed by atoms with Crippen molar-refractivity contribution < 1.29 is 13.6 Å². The topological polar surface area (TPSA) is 17.1 Å². The maximum atomic E-state index is 13.5. The van der Waals surface area contributed by atoms with Crippen LogP contribution in [0.5, 0.6) is 0 Å². The van der Waals surface area contributed by atoms with Crippen LogP contribution in [-0.2, 0) is 4.79 Å². The van der Waals surface area contributed by atoms with Gasteiger partial charge in [0, 0.05) is 12.0 Å². The minimum absolute atomic E-state index is 0.0141. The summed E-state index contributed by atoms with van der Waals surface area (Å²) in [5, 5.41) is 0. The fourth-order valence-electron chi connectivity index (χ4n) is 1.33. The third-order valence-electron chi connectivity index (χ3n) is 2.33. The van der Waals surface area contributed by atoms with Crippen molar-refractivity contribution in [3.05, 3.63) is 34.9 Å². The molecule has 0 saturated heterocycles. The SMILES string of the molecule is Cc1c(F)ccc(C(C)CC=O)c1F. The molecule has 0 spiro atoms. The van der Waals surface area contributed by atoms with Crippen LogP contribution in [0.3, 0.4) is 0 Å². The van der Waals surface area contributed by atoms with E-state index in [-0.39, 0.29) is 17.9 Å². The second-order valence-electron chi connectivity index (χ2n) is 3.38. The number of benzene rings is 1. The Morgan fingerprint density at radius 2 is 2.07 bits per heavy atom. The summed E-state index contributed by atoms with van der Waals surface area (Å²) in [6.07, 6.45) is 0.991. The number of rotatable bonds is 3. The molecule has 0 N–H and O–H groups in total. The van der Waals surface area contributed by atoms with Crippen LogP contribution in [0.2, 0.25) is 0 Å². The summed E-state index contributed by atoms with van der Waals surface area (Å²) in [6.45, 7) is 3.13. The van der Waals surface area contributed by atoms with E-state index in [4.69, 9.17) is 0 Å². The van der Waals surface area contributed by atoms with E-state index in [1.807, 2.05) is 0 Å². The van der Waals surface area contributed by atoms with Crippen LogP contribution in [0.4, 0.5) is 8.78 Å². The van der Waals surface area contributed by atoms with Crippen LogP contribution in [-0.4, -0.2) is 6.29 Å². The van der Waals surface area contributed by atoms with Gasteiger partial charge < -0.3 is 4.79 Å². The zero-order valence-electron chi connectivity index (χ0n) is 8.18. The molecule has 1 aromatic carbocycles. The van der Waals surface area contributed by atoms with Crippen LogP contribution in [0.25, 0.3) is 0 Å². The van der Waals surface area contributed by atoms with Crippen LogP contribution >= 0.6 is 0 Å². The third-order valence-corrected chi connectivity index (χ3v) is 2.33. The number of carbonyl (C=O) groups excluding carboxylic acids is 1. The first-order valence-electron chi connectivity index (χ1n) is 4.46. The molecule has 0 heterocycles. The highest BCUT2D eigenvalue weighted by atomic mass is 19.1. The summed E-state index contributed by atoms with van der Waals surface area (Å²) in [7, 11) is 0. The third kappa shape index (κ3) is 1.97. The van der Waals surface area contributed by atoms with Gasteiger partial charge in [0.15, 0.2) is 0 Å². The minimum Gasteiger partial charge on any atom is -0.303 e. The molecule has 0 radical (unpaired) electrons. The summed E-state index contributed by atoms with van der Waals surface area (Å²) < 4.78 is 26.4. The molecular weight excluding hydrogens is 186 g/mol. The van der Waals surface area contributed by atoms with Crippen molar-refractivity contribution >= 4 is 6.29 Å². The lowest BCUT2D eigenvalue weighted by Gasteiger charge is -2.11. The van der Waals surface area contributed by atoms with Crippen molar-refractivity contribution in [2.75, 3.05) is 0 Å². The van der Waals surface area contributed by atoms with E-state index in [1.165, 1.54) is 19.1 Å². The van der Waals surface area contributed by atoms with Gasteiger partial charge in [-0.25, -0.2) is 8.78 Å². The molecule has 76 valence electrons. The monoisotopic (exact) mass is 198 g/mol. The molecule has 14 heavy (non-hydrogen) atoms. The number of hydrogen-bond acceptors (Lipinski definition) is 1. The van der Waals surface area contributed by atoms with Gasteiger partial charge >= 0.3 is 0 Å². The Labute approximate surface area is 81.7 Å². The maximum absolute atomic E-state index is 13.5. The van der Waals surface area contributed by atoms with Crippen molar-refractivity contribution in [1.29, 1.82) is 0 Å². The predicted molar refractivity (Wildman–Crippen MR) is 50.2 cm³/mol. The first-order chi connectivity index (χ1) is 6.57. The fraction of sp³-hybridized carbons (Fsp3) is 0.364. The molecular formula is C11H12F2O. The van der Waals surface area contributed by atoms with E-state index >= 15 is 0 Å². The normalized spacial score (nSPS) is 12.6. The molecule has 3 heteroatoms. The molecule has 0 aromatic heterocycles. The first kappa shape index (κ1) is 10.8. The Bertz CT molecular complexity index is 347. The van der Waals surface area contributed by atoms with Gasteiger partial charge in [0.1, 0.15) is 17.9 Å². The van der Waals surface area contributed by atoms with Gasteiger partial charge in [-0.1, -0.05) is 13.0 Å². The summed E-state index contributed by atoms with van der Waals surface area (Å²) in [5.74, 6) is -1.30. The van der Waals surface area contributed by atoms with Gasteiger partial charge in [-0.2, -0.15) is 0 Å². The van der Waals surface area contributed by atoms with Crippen molar-refractivity contribution in [3.8, 4) is 0 Å². The molecule has 0 aliphatic carbocycles. The zero-order valence-corrected chi connectivity index (χ0v) is 8.18. The predicted octanol–water partition coefficient (Wildman–Crippen LogP) is 2.97. The lowest BCUT2D eigenvalue weighted by molar-refractivity contribution is -0.108. The second kappa shape index (κ2) is 4.31. The Kier molecular flexibility index (Phi) is 3.33. The van der Waals surface area contributed by atoms with E-state index in [0.29, 0.717) is 5.56 Å². The summed E-state index contributed by atoms with van der Waals surface area (Å²) in [4.78, 5) is 10.3. The molecule has 0 saturated carbocycles. The molecule has 1 aromatic rings. The first-order valence-corrected chi connectivity index (χ1v) is 4.46. The largest absolute Gasteiger partial charge is 0.303 e. The van der Waals surface area contributed by atoms with E-state index in [9.17, 15) is 13.6 Å². The van der Waals surface area contributed by atoms with E-state index < -0.39 is 11.6 Å². The molecule has 1 nitrogen and oxygen atoms in total. The molecule has 0 bridgehead atoms. The highest BCUT2D eigenvalue weighted by Gasteiger charge is 2.14. The fourth-order valence-corrected chi connectivity index (χ4v) is 1.33. The maximum Gasteiger partial charge on any atom is 0.132 e. The van der Waals surface area contributed by atoms with E-state index in [2.05, 4.69) is 0 Å². The van der Waals surface area contributed by atoms with Crippen LogP contribution in [0, 0.1) is 18.6 Å². The minimum atomic E-state index is -0.551. The Morgan fingerprint density at radius 1 is 1.43 bits per heavy atom. The molecule has 0 aliphatic rings. The average molecular weight is 198 g/mol. The van der Waals surface area contributed by atoms with E-state index in [0.717, 1.165) is 6.29 Å². The molecule has 1 atom stereocenters. The van der Waals surface area contributed by atoms with Gasteiger partial charge in [-0.3, -0.25) is 0 Å². The molecule has 0 fully saturated rings. The number of aldehydes is 1. The molecule has 0 aliphatic heterocycles. The quantitative estimate of drug-likeness (QED) is 0.682. The highest BCUT2D eigenvalue weighted by molar-refractivity contribution is 5.51. The summed E-state index contributed by atoms with van der Waals surface area (Å²) in [5.41, 5.74) is 0.413. The summed E-state index contributed by atoms with van der Waals surface area (Å²) in [6, 6.07) is 2.63. The molecule has 1 unspecified atom stereocenters. The van der Waals surface area contributed by atoms with Crippen LogP contribution < -0.4 is 0 Å². The Balaban J connectivity index is 3.10. The van der Waals surface area contributed by atoms with Crippen LogP contribution in [0.1, 0.15) is 30.4 Å². The number of carbonyl (C=O) groups is 1.